The Morgan fingerprint density at radius 2 is 2.14 bits per heavy atom. The van der Waals surface area contributed by atoms with Crippen molar-refractivity contribution < 1.29 is 4.79 Å². The molecule has 0 fully saturated rings. The van der Waals surface area contributed by atoms with Gasteiger partial charge in [0.25, 0.3) is 5.78 Å². The van der Waals surface area contributed by atoms with E-state index in [4.69, 9.17) is 0 Å². The predicted molar refractivity (Wildman–Crippen MR) is 83.5 cm³/mol. The van der Waals surface area contributed by atoms with Crippen LogP contribution in [0.2, 0.25) is 0 Å². The van der Waals surface area contributed by atoms with Crippen molar-refractivity contribution in [3.05, 3.63) is 34.9 Å². The summed E-state index contributed by atoms with van der Waals surface area (Å²) in [5.74, 6) is 0.822. The van der Waals surface area contributed by atoms with E-state index in [0.717, 1.165) is 36.5 Å². The number of aryl methyl sites for hydroxylation is 2. The van der Waals surface area contributed by atoms with Gasteiger partial charge >= 0.3 is 0 Å². The molecule has 0 bridgehead atoms. The number of amides is 1. The summed E-state index contributed by atoms with van der Waals surface area (Å²) in [6.07, 6.45) is 5.83. The average Bonchev–Trinajstić information content (AvgIpc) is 2.96. The fraction of sp³-hybridized carbons (Fsp3) is 0.500. The summed E-state index contributed by atoms with van der Waals surface area (Å²) in [6, 6.07) is 0. The third-order valence-corrected chi connectivity index (χ3v) is 4.37. The van der Waals surface area contributed by atoms with Crippen molar-refractivity contribution in [1.29, 1.82) is 0 Å². The van der Waals surface area contributed by atoms with Gasteiger partial charge in [-0.05, 0) is 39.2 Å². The number of carbonyl (C=O) groups excluding carboxylic acids is 1. The van der Waals surface area contributed by atoms with Crippen molar-refractivity contribution in [2.24, 2.45) is 0 Å². The van der Waals surface area contributed by atoms with Gasteiger partial charge in [0, 0.05) is 30.9 Å². The lowest BCUT2D eigenvalue weighted by atomic mass is 10.0. The normalized spacial score (nSPS) is 15.2. The van der Waals surface area contributed by atoms with Gasteiger partial charge in [-0.2, -0.15) is 10.1 Å². The maximum absolute atomic E-state index is 12.4. The number of aromatic nitrogens is 4. The van der Waals surface area contributed by atoms with E-state index < -0.39 is 0 Å². The molecule has 1 amide bonds. The highest BCUT2D eigenvalue weighted by Crippen LogP contribution is 2.17. The number of carbonyl (C=O) groups is 1. The van der Waals surface area contributed by atoms with Crippen LogP contribution in [-0.4, -0.2) is 43.5 Å². The van der Waals surface area contributed by atoms with Gasteiger partial charge in [0.2, 0.25) is 5.91 Å². The largest absolute Gasteiger partial charge is 0.339 e. The molecule has 0 aromatic carbocycles. The second kappa shape index (κ2) is 5.87. The molecule has 0 radical (unpaired) electrons. The van der Waals surface area contributed by atoms with Crippen LogP contribution < -0.4 is 0 Å². The summed E-state index contributed by atoms with van der Waals surface area (Å²) >= 11 is 0. The zero-order valence-corrected chi connectivity index (χ0v) is 13.3. The molecule has 6 heteroatoms. The molecule has 116 valence electrons. The van der Waals surface area contributed by atoms with Crippen molar-refractivity contribution in [2.45, 2.75) is 40.0 Å². The summed E-state index contributed by atoms with van der Waals surface area (Å²) < 4.78 is 1.74. The summed E-state index contributed by atoms with van der Waals surface area (Å²) in [6.45, 7) is 7.66. The second-order valence-corrected chi connectivity index (χ2v) is 5.87. The first kappa shape index (κ1) is 14.7. The molecule has 3 rings (SSSR count). The standard InChI is InChI=1S/C16H21N5O/c1-11-6-8-20(9-7-11)15(22)5-4-14-12(2)19-16-17-10-18-21(16)13(14)3/h6,10H,4-5,7-9H2,1-3H3. The minimum Gasteiger partial charge on any atom is -0.339 e. The Balaban J connectivity index is 1.72. The summed E-state index contributed by atoms with van der Waals surface area (Å²) in [5, 5.41) is 4.19. The predicted octanol–water partition coefficient (Wildman–Crippen LogP) is 1.85. The van der Waals surface area contributed by atoms with E-state index in [-0.39, 0.29) is 5.91 Å². The van der Waals surface area contributed by atoms with E-state index in [1.807, 2.05) is 18.7 Å². The maximum Gasteiger partial charge on any atom is 0.252 e. The van der Waals surface area contributed by atoms with Gasteiger partial charge in [-0.3, -0.25) is 4.79 Å². The van der Waals surface area contributed by atoms with E-state index in [2.05, 4.69) is 28.1 Å². The monoisotopic (exact) mass is 299 g/mol. The maximum atomic E-state index is 12.4. The molecule has 1 aliphatic rings. The summed E-state index contributed by atoms with van der Waals surface area (Å²) in [5.41, 5.74) is 4.41. The molecule has 0 N–H and O–H groups in total. The Bertz CT molecular complexity index is 746. The smallest absolute Gasteiger partial charge is 0.252 e. The molecule has 1 aliphatic heterocycles. The molecule has 2 aromatic heterocycles. The first-order chi connectivity index (χ1) is 10.6. The minimum absolute atomic E-state index is 0.209. The molecule has 0 spiro atoms. The molecule has 0 saturated carbocycles. The molecule has 2 aromatic rings. The van der Waals surface area contributed by atoms with Crippen LogP contribution in [0.1, 0.15) is 36.7 Å². The van der Waals surface area contributed by atoms with Crippen molar-refractivity contribution in [3.8, 4) is 0 Å². The average molecular weight is 299 g/mol. The number of nitrogens with zero attached hydrogens (tertiary/aromatic N) is 5. The van der Waals surface area contributed by atoms with Gasteiger partial charge < -0.3 is 4.90 Å². The SMILES string of the molecule is CC1=CCN(C(=O)CCc2c(C)nc3ncnn3c2C)CC1. The van der Waals surface area contributed by atoms with Gasteiger partial charge in [0.15, 0.2) is 0 Å². The molecule has 22 heavy (non-hydrogen) atoms. The van der Waals surface area contributed by atoms with Crippen LogP contribution in [0.25, 0.3) is 5.78 Å². The van der Waals surface area contributed by atoms with Gasteiger partial charge in [-0.15, -0.1) is 0 Å². The lowest BCUT2D eigenvalue weighted by Crippen LogP contribution is -2.34. The van der Waals surface area contributed by atoms with Crippen molar-refractivity contribution >= 4 is 11.7 Å². The zero-order chi connectivity index (χ0) is 15.7. The van der Waals surface area contributed by atoms with Gasteiger partial charge in [0.05, 0.1) is 0 Å². The van der Waals surface area contributed by atoms with Crippen LogP contribution in [0.5, 0.6) is 0 Å². The minimum atomic E-state index is 0.209. The Morgan fingerprint density at radius 3 is 2.86 bits per heavy atom. The van der Waals surface area contributed by atoms with E-state index >= 15 is 0 Å². The quantitative estimate of drug-likeness (QED) is 0.811. The molecular weight excluding hydrogens is 278 g/mol. The van der Waals surface area contributed by atoms with Crippen LogP contribution in [0.15, 0.2) is 18.0 Å². The van der Waals surface area contributed by atoms with E-state index in [1.165, 1.54) is 11.9 Å². The van der Waals surface area contributed by atoms with Gasteiger partial charge in [-0.25, -0.2) is 9.50 Å². The fourth-order valence-electron chi connectivity index (χ4n) is 2.90. The van der Waals surface area contributed by atoms with Crippen LogP contribution >= 0.6 is 0 Å². The molecule has 0 atom stereocenters. The highest BCUT2D eigenvalue weighted by molar-refractivity contribution is 5.77. The van der Waals surface area contributed by atoms with Gasteiger partial charge in [-0.1, -0.05) is 11.6 Å². The first-order valence-corrected chi connectivity index (χ1v) is 7.65. The first-order valence-electron chi connectivity index (χ1n) is 7.65. The third kappa shape index (κ3) is 2.73. The highest BCUT2D eigenvalue weighted by Gasteiger charge is 2.17. The lowest BCUT2D eigenvalue weighted by Gasteiger charge is -2.25. The fourth-order valence-corrected chi connectivity index (χ4v) is 2.90. The molecule has 3 heterocycles. The molecule has 0 unspecified atom stereocenters. The molecule has 6 nitrogen and oxygen atoms in total. The van der Waals surface area contributed by atoms with Crippen molar-refractivity contribution in [1.82, 2.24) is 24.5 Å². The number of hydrogen-bond acceptors (Lipinski definition) is 4. The van der Waals surface area contributed by atoms with Crippen LogP contribution in [0, 0.1) is 13.8 Å². The number of rotatable bonds is 3. The summed E-state index contributed by atoms with van der Waals surface area (Å²) in [4.78, 5) is 22.9. The number of hydrogen-bond donors (Lipinski definition) is 0. The van der Waals surface area contributed by atoms with Crippen LogP contribution in [0.3, 0.4) is 0 Å². The Labute approximate surface area is 129 Å². The Kier molecular flexibility index (Phi) is 3.92. The second-order valence-electron chi connectivity index (χ2n) is 5.87. The van der Waals surface area contributed by atoms with E-state index in [9.17, 15) is 4.79 Å². The Morgan fingerprint density at radius 1 is 1.32 bits per heavy atom. The van der Waals surface area contributed by atoms with Gasteiger partial charge in [0.1, 0.15) is 6.33 Å². The van der Waals surface area contributed by atoms with E-state index in [0.29, 0.717) is 18.6 Å². The zero-order valence-electron chi connectivity index (χ0n) is 13.3. The molecule has 0 saturated heterocycles. The number of fused-ring (bicyclic) bond motifs is 1. The van der Waals surface area contributed by atoms with Crippen LogP contribution in [0.4, 0.5) is 0 Å². The van der Waals surface area contributed by atoms with Crippen molar-refractivity contribution in [3.63, 3.8) is 0 Å². The topological polar surface area (TPSA) is 63.4 Å². The van der Waals surface area contributed by atoms with Crippen molar-refractivity contribution in [2.75, 3.05) is 13.1 Å². The van der Waals surface area contributed by atoms with Crippen LogP contribution in [-0.2, 0) is 11.2 Å². The Hall–Kier alpha value is -2.24. The molecule has 0 aliphatic carbocycles. The molecular formula is C16H21N5O. The lowest BCUT2D eigenvalue weighted by molar-refractivity contribution is -0.130. The van der Waals surface area contributed by atoms with E-state index in [1.54, 1.807) is 4.52 Å². The third-order valence-electron chi connectivity index (χ3n) is 4.37. The summed E-state index contributed by atoms with van der Waals surface area (Å²) in [7, 11) is 0. The highest BCUT2D eigenvalue weighted by atomic mass is 16.2.